The van der Waals surface area contributed by atoms with Crippen molar-refractivity contribution in [2.24, 2.45) is 0 Å². The fraction of sp³-hybridized carbons (Fsp3) is 0.625. The summed E-state index contributed by atoms with van der Waals surface area (Å²) in [6, 6.07) is 7.49. The van der Waals surface area contributed by atoms with Gasteiger partial charge < -0.3 is 10.2 Å². The molecular formula is C16H26N2. The van der Waals surface area contributed by atoms with Gasteiger partial charge in [0, 0.05) is 19.1 Å². The summed E-state index contributed by atoms with van der Waals surface area (Å²) >= 11 is 0. The minimum Gasteiger partial charge on any atom is -0.313 e. The number of likely N-dealkylation sites (N-methyl/N-ethyl adjacent to an activating group) is 1. The molecule has 1 unspecified atom stereocenters. The number of benzene rings is 1. The molecule has 1 atom stereocenters. The molecule has 2 heteroatoms. The Kier molecular flexibility index (Phi) is 4.79. The molecule has 0 aliphatic carbocycles. The first-order chi connectivity index (χ1) is 8.65. The lowest BCUT2D eigenvalue weighted by Crippen LogP contribution is -2.36. The van der Waals surface area contributed by atoms with Crippen LogP contribution in [0.1, 0.15) is 29.5 Å². The van der Waals surface area contributed by atoms with Crippen molar-refractivity contribution in [1.82, 2.24) is 10.2 Å². The lowest BCUT2D eigenvalue weighted by atomic mass is 10.0. The molecule has 1 aliphatic rings. The average molecular weight is 246 g/mol. The Morgan fingerprint density at radius 2 is 2.17 bits per heavy atom. The SMILES string of the molecule is Cc1ccc(C)c(CCN(C)CC2CCCN2)c1. The molecule has 1 saturated heterocycles. The maximum atomic E-state index is 3.56. The molecule has 0 bridgehead atoms. The Hall–Kier alpha value is -0.860. The van der Waals surface area contributed by atoms with E-state index in [2.05, 4.69) is 49.3 Å². The molecule has 2 nitrogen and oxygen atoms in total. The summed E-state index contributed by atoms with van der Waals surface area (Å²) in [5, 5.41) is 3.56. The lowest BCUT2D eigenvalue weighted by molar-refractivity contribution is 0.303. The zero-order valence-electron chi connectivity index (χ0n) is 12.0. The predicted octanol–water partition coefficient (Wildman–Crippen LogP) is 2.53. The number of nitrogens with zero attached hydrogens (tertiary/aromatic N) is 1. The fourth-order valence-electron chi connectivity index (χ4n) is 2.76. The predicted molar refractivity (Wildman–Crippen MR) is 78.1 cm³/mol. The number of aryl methyl sites for hydroxylation is 2. The molecule has 1 aromatic rings. The van der Waals surface area contributed by atoms with Gasteiger partial charge in [-0.15, -0.1) is 0 Å². The normalized spacial score (nSPS) is 19.7. The Bertz CT molecular complexity index is 381. The van der Waals surface area contributed by atoms with Crippen molar-refractivity contribution in [3.8, 4) is 0 Å². The van der Waals surface area contributed by atoms with E-state index in [0.29, 0.717) is 6.04 Å². The van der Waals surface area contributed by atoms with Gasteiger partial charge in [-0.05, 0) is 57.8 Å². The first kappa shape index (κ1) is 13.6. The summed E-state index contributed by atoms with van der Waals surface area (Å²) in [6.07, 6.45) is 3.85. The minimum atomic E-state index is 0.716. The molecule has 0 amide bonds. The van der Waals surface area contributed by atoms with Crippen LogP contribution in [0.15, 0.2) is 18.2 Å². The van der Waals surface area contributed by atoms with Gasteiger partial charge in [0.25, 0.3) is 0 Å². The second-order valence-electron chi connectivity index (χ2n) is 5.74. The quantitative estimate of drug-likeness (QED) is 0.859. The van der Waals surface area contributed by atoms with Crippen molar-refractivity contribution in [2.45, 2.75) is 39.2 Å². The van der Waals surface area contributed by atoms with E-state index in [0.717, 1.165) is 13.0 Å². The van der Waals surface area contributed by atoms with Gasteiger partial charge in [0.1, 0.15) is 0 Å². The van der Waals surface area contributed by atoms with E-state index in [4.69, 9.17) is 0 Å². The van der Waals surface area contributed by atoms with Crippen LogP contribution in [-0.2, 0) is 6.42 Å². The van der Waals surface area contributed by atoms with Crippen molar-refractivity contribution in [1.29, 1.82) is 0 Å². The molecule has 1 heterocycles. The second-order valence-corrected chi connectivity index (χ2v) is 5.74. The summed E-state index contributed by atoms with van der Waals surface area (Å²) in [5.41, 5.74) is 4.30. The number of rotatable bonds is 5. The van der Waals surface area contributed by atoms with Crippen LogP contribution >= 0.6 is 0 Å². The van der Waals surface area contributed by atoms with Gasteiger partial charge in [0.2, 0.25) is 0 Å². The zero-order chi connectivity index (χ0) is 13.0. The first-order valence-electron chi connectivity index (χ1n) is 7.13. The van der Waals surface area contributed by atoms with Gasteiger partial charge in [-0.2, -0.15) is 0 Å². The summed E-state index contributed by atoms with van der Waals surface area (Å²) < 4.78 is 0. The van der Waals surface area contributed by atoms with Crippen LogP contribution in [0.4, 0.5) is 0 Å². The highest BCUT2D eigenvalue weighted by molar-refractivity contribution is 5.30. The molecule has 100 valence electrons. The minimum absolute atomic E-state index is 0.716. The van der Waals surface area contributed by atoms with Crippen molar-refractivity contribution in [2.75, 3.05) is 26.7 Å². The molecule has 0 aromatic heterocycles. The largest absolute Gasteiger partial charge is 0.313 e. The number of hydrogen-bond acceptors (Lipinski definition) is 2. The van der Waals surface area contributed by atoms with Crippen LogP contribution < -0.4 is 5.32 Å². The maximum Gasteiger partial charge on any atom is 0.0195 e. The highest BCUT2D eigenvalue weighted by Gasteiger charge is 2.15. The Morgan fingerprint density at radius 3 is 2.89 bits per heavy atom. The summed E-state index contributed by atoms with van der Waals surface area (Å²) in [7, 11) is 2.24. The third-order valence-electron chi connectivity index (χ3n) is 3.96. The standard InChI is InChI=1S/C16H26N2/c1-13-6-7-14(2)15(11-13)8-10-18(3)12-16-5-4-9-17-16/h6-7,11,16-17H,4-5,8-10,12H2,1-3H3. The number of hydrogen-bond donors (Lipinski definition) is 1. The van der Waals surface area contributed by atoms with Gasteiger partial charge in [0.15, 0.2) is 0 Å². The topological polar surface area (TPSA) is 15.3 Å². The highest BCUT2D eigenvalue weighted by atomic mass is 15.1. The van der Waals surface area contributed by atoms with Crippen LogP contribution in [0.5, 0.6) is 0 Å². The molecule has 0 saturated carbocycles. The van der Waals surface area contributed by atoms with Crippen LogP contribution in [0.25, 0.3) is 0 Å². The van der Waals surface area contributed by atoms with Gasteiger partial charge in [-0.25, -0.2) is 0 Å². The van der Waals surface area contributed by atoms with Crippen LogP contribution in [0, 0.1) is 13.8 Å². The van der Waals surface area contributed by atoms with E-state index in [9.17, 15) is 0 Å². The van der Waals surface area contributed by atoms with Crippen LogP contribution in [0.2, 0.25) is 0 Å². The zero-order valence-corrected chi connectivity index (χ0v) is 12.0. The Balaban J connectivity index is 1.81. The van der Waals surface area contributed by atoms with Gasteiger partial charge in [-0.3, -0.25) is 0 Å². The van der Waals surface area contributed by atoms with Crippen molar-refractivity contribution < 1.29 is 0 Å². The monoisotopic (exact) mass is 246 g/mol. The van der Waals surface area contributed by atoms with Crippen LogP contribution in [0.3, 0.4) is 0 Å². The van der Waals surface area contributed by atoms with E-state index in [1.165, 1.54) is 42.6 Å². The van der Waals surface area contributed by atoms with Crippen molar-refractivity contribution in [3.05, 3.63) is 34.9 Å². The molecule has 1 N–H and O–H groups in total. The molecule has 0 radical (unpaired) electrons. The molecule has 1 fully saturated rings. The van der Waals surface area contributed by atoms with E-state index < -0.39 is 0 Å². The van der Waals surface area contributed by atoms with Gasteiger partial charge in [-0.1, -0.05) is 23.8 Å². The smallest absolute Gasteiger partial charge is 0.0195 e. The highest BCUT2D eigenvalue weighted by Crippen LogP contribution is 2.12. The molecular weight excluding hydrogens is 220 g/mol. The first-order valence-corrected chi connectivity index (χ1v) is 7.13. The maximum absolute atomic E-state index is 3.56. The number of nitrogens with one attached hydrogen (secondary N) is 1. The average Bonchev–Trinajstić information content (AvgIpc) is 2.83. The Morgan fingerprint density at radius 1 is 1.33 bits per heavy atom. The van der Waals surface area contributed by atoms with Gasteiger partial charge >= 0.3 is 0 Å². The van der Waals surface area contributed by atoms with E-state index in [1.807, 2.05) is 0 Å². The molecule has 1 aromatic carbocycles. The fourth-order valence-corrected chi connectivity index (χ4v) is 2.76. The van der Waals surface area contributed by atoms with Crippen molar-refractivity contribution >= 4 is 0 Å². The molecule has 0 spiro atoms. The molecule has 1 aliphatic heterocycles. The van der Waals surface area contributed by atoms with E-state index in [-0.39, 0.29) is 0 Å². The summed E-state index contributed by atoms with van der Waals surface area (Å²) in [5.74, 6) is 0. The van der Waals surface area contributed by atoms with Crippen LogP contribution in [-0.4, -0.2) is 37.6 Å². The lowest BCUT2D eigenvalue weighted by Gasteiger charge is -2.21. The van der Waals surface area contributed by atoms with E-state index in [1.54, 1.807) is 0 Å². The summed E-state index contributed by atoms with van der Waals surface area (Å²) in [4.78, 5) is 2.46. The third-order valence-corrected chi connectivity index (χ3v) is 3.96. The second kappa shape index (κ2) is 6.35. The Labute approximate surface area is 111 Å². The molecule has 2 rings (SSSR count). The van der Waals surface area contributed by atoms with Gasteiger partial charge in [0.05, 0.1) is 0 Å². The summed E-state index contributed by atoms with van der Waals surface area (Å²) in [6.45, 7) is 7.94. The molecule has 18 heavy (non-hydrogen) atoms. The third kappa shape index (κ3) is 3.82. The van der Waals surface area contributed by atoms with E-state index >= 15 is 0 Å². The van der Waals surface area contributed by atoms with Crippen molar-refractivity contribution in [3.63, 3.8) is 0 Å².